The predicted molar refractivity (Wildman–Crippen MR) is 218 cm³/mol. The van der Waals surface area contributed by atoms with Crippen molar-refractivity contribution in [2.24, 2.45) is 7.05 Å². The van der Waals surface area contributed by atoms with E-state index in [9.17, 15) is 23.3 Å². The molecule has 0 bridgehead atoms. The summed E-state index contributed by atoms with van der Waals surface area (Å²) in [4.78, 5) is 36.8. The Bertz CT molecular complexity index is 2640. The molecule has 8 rings (SSSR count). The normalized spacial score (nSPS) is 19.4. The lowest BCUT2D eigenvalue weighted by Crippen LogP contribution is -2.49. The minimum atomic E-state index is -4.00. The van der Waals surface area contributed by atoms with E-state index in [0.29, 0.717) is 39.6 Å². The van der Waals surface area contributed by atoms with Gasteiger partial charge in [0.05, 0.1) is 22.1 Å². The summed E-state index contributed by atoms with van der Waals surface area (Å²) in [5.41, 5.74) is 1.51. The van der Waals surface area contributed by atoms with Crippen LogP contribution in [0.2, 0.25) is 0 Å². The lowest BCUT2D eigenvalue weighted by Gasteiger charge is -2.40. The SMILES string of the molecule is CCN(C)S(=O)(=O)Nc1ccc(F)c(Oc2ccc3ncnc(OC4CCN(C5CCC(c6cc7c(cc6F)c(N6CCC(=O)NC6=O)nn7C)CC5)CC4)c3c2)c1C#N. The molecule has 5 aromatic rings. The van der Waals surface area contributed by atoms with Crippen LogP contribution in [0.25, 0.3) is 21.8 Å². The van der Waals surface area contributed by atoms with Crippen LogP contribution in [0.4, 0.5) is 25.1 Å². The predicted octanol–water partition coefficient (Wildman–Crippen LogP) is 6.08. The third kappa shape index (κ3) is 8.01. The Hall–Kier alpha value is -5.97. The molecule has 1 aliphatic carbocycles. The molecule has 1 saturated carbocycles. The Labute approximate surface area is 345 Å². The monoisotopic (exact) mass is 842 g/mol. The van der Waals surface area contributed by atoms with Crippen molar-refractivity contribution in [3.8, 4) is 23.4 Å². The maximum Gasteiger partial charge on any atom is 0.329 e. The van der Waals surface area contributed by atoms with E-state index in [1.165, 1.54) is 30.4 Å². The number of rotatable bonds is 11. The minimum Gasteiger partial charge on any atom is -0.474 e. The Morgan fingerprint density at radius 1 is 0.983 bits per heavy atom. The number of urea groups is 1. The second kappa shape index (κ2) is 16.6. The number of amides is 3. The molecular weight excluding hydrogens is 799 g/mol. The summed E-state index contributed by atoms with van der Waals surface area (Å²) in [5, 5.41) is 17.8. The van der Waals surface area contributed by atoms with Gasteiger partial charge in [0.2, 0.25) is 11.8 Å². The van der Waals surface area contributed by atoms with Crippen LogP contribution < -0.4 is 24.4 Å². The average Bonchev–Trinajstić information content (AvgIpc) is 3.55. The standard InChI is InChI=1S/C41H44F2N10O6S/c1-4-50(2)60(56,57)49-35-12-10-32(42)38(31(35)22-44)58-27-9-11-34-29(19-27)40(46-23-45-34)59-26-13-16-52(17-14-26)25-7-5-24(6-8-25)28-21-36-30(20-33(28)43)39(48-51(36)3)53-18-15-37(54)47-41(53)55/h9-12,19-21,23-26,49H,4-8,13-18H2,1-3H3,(H,47,54,55). The number of anilines is 2. The molecule has 2 aromatic heterocycles. The third-order valence-electron chi connectivity index (χ3n) is 11.8. The molecule has 60 heavy (non-hydrogen) atoms. The zero-order chi connectivity index (χ0) is 42.3. The molecule has 2 saturated heterocycles. The first kappa shape index (κ1) is 40.8. The molecule has 16 nitrogen and oxygen atoms in total. The van der Waals surface area contributed by atoms with Gasteiger partial charge in [0.1, 0.15) is 35.6 Å². The topological polar surface area (TPSA) is 188 Å². The fraction of sp³-hybridized carbons (Fsp3) is 0.415. The van der Waals surface area contributed by atoms with Gasteiger partial charge in [0.15, 0.2) is 17.4 Å². The van der Waals surface area contributed by atoms with E-state index in [2.05, 4.69) is 30.0 Å². The molecule has 4 heterocycles. The number of carbonyl (C=O) groups is 2. The molecule has 0 unspecified atom stereocenters. The van der Waals surface area contributed by atoms with Crippen molar-refractivity contribution in [3.05, 3.63) is 71.6 Å². The average molecular weight is 843 g/mol. The Kier molecular flexibility index (Phi) is 11.3. The number of nitrogens with one attached hydrogen (secondary N) is 2. The number of aromatic nitrogens is 4. The molecule has 0 radical (unpaired) electrons. The van der Waals surface area contributed by atoms with E-state index in [0.717, 1.165) is 67.5 Å². The number of fused-ring (bicyclic) bond motifs is 2. The number of nitrogens with zero attached hydrogens (tertiary/aromatic N) is 8. The van der Waals surface area contributed by atoms with Crippen LogP contribution in [0, 0.1) is 23.0 Å². The van der Waals surface area contributed by atoms with Crippen LogP contribution in [-0.4, -0.2) is 94.7 Å². The molecule has 3 aromatic carbocycles. The van der Waals surface area contributed by atoms with Crippen LogP contribution in [-0.2, 0) is 22.1 Å². The molecule has 3 aliphatic rings. The minimum absolute atomic E-state index is 0.0493. The van der Waals surface area contributed by atoms with Crippen LogP contribution in [0.3, 0.4) is 0 Å². The number of benzene rings is 3. The number of hydrogen-bond donors (Lipinski definition) is 2. The smallest absolute Gasteiger partial charge is 0.329 e. The number of aryl methyl sites for hydroxylation is 1. The maximum atomic E-state index is 15.8. The summed E-state index contributed by atoms with van der Waals surface area (Å²) in [6, 6.07) is 12.0. The summed E-state index contributed by atoms with van der Waals surface area (Å²) >= 11 is 0. The van der Waals surface area contributed by atoms with Gasteiger partial charge in [-0.3, -0.25) is 24.4 Å². The molecule has 2 aliphatic heterocycles. The summed E-state index contributed by atoms with van der Waals surface area (Å²) in [7, 11) is -0.852. The zero-order valence-electron chi connectivity index (χ0n) is 33.3. The Morgan fingerprint density at radius 2 is 1.75 bits per heavy atom. The first-order chi connectivity index (χ1) is 28.8. The van der Waals surface area contributed by atoms with Crippen LogP contribution in [0.15, 0.2) is 48.8 Å². The van der Waals surface area contributed by atoms with Crippen molar-refractivity contribution < 1.29 is 36.3 Å². The lowest BCUT2D eigenvalue weighted by molar-refractivity contribution is -0.120. The van der Waals surface area contributed by atoms with Crippen molar-refractivity contribution in [2.45, 2.75) is 69.9 Å². The van der Waals surface area contributed by atoms with Gasteiger partial charge >= 0.3 is 16.2 Å². The van der Waals surface area contributed by atoms with Gasteiger partial charge in [-0.15, -0.1) is 0 Å². The highest BCUT2D eigenvalue weighted by Gasteiger charge is 2.33. The fourth-order valence-corrected chi connectivity index (χ4v) is 9.29. The van der Waals surface area contributed by atoms with Crippen LogP contribution in [0.1, 0.15) is 68.9 Å². The number of ether oxygens (including phenoxy) is 2. The maximum absolute atomic E-state index is 15.8. The van der Waals surface area contributed by atoms with E-state index in [-0.39, 0.29) is 60.3 Å². The van der Waals surface area contributed by atoms with Gasteiger partial charge in [-0.2, -0.15) is 23.1 Å². The molecule has 314 valence electrons. The van der Waals surface area contributed by atoms with Crippen molar-refractivity contribution in [3.63, 3.8) is 0 Å². The highest BCUT2D eigenvalue weighted by atomic mass is 32.2. The Morgan fingerprint density at radius 3 is 2.47 bits per heavy atom. The lowest BCUT2D eigenvalue weighted by atomic mass is 9.80. The Balaban J connectivity index is 0.897. The number of carbonyl (C=O) groups excluding carboxylic acids is 2. The number of hydrogen-bond acceptors (Lipinski definition) is 11. The highest BCUT2D eigenvalue weighted by Crippen LogP contribution is 2.40. The first-order valence-electron chi connectivity index (χ1n) is 19.9. The van der Waals surface area contributed by atoms with Gasteiger partial charge in [0, 0.05) is 58.1 Å². The number of piperidine rings is 1. The number of nitriles is 1. The third-order valence-corrected chi connectivity index (χ3v) is 13.3. The molecule has 3 fully saturated rings. The molecule has 0 atom stereocenters. The molecule has 19 heteroatoms. The summed E-state index contributed by atoms with van der Waals surface area (Å²) in [6.45, 7) is 3.65. The molecule has 0 spiro atoms. The van der Waals surface area contributed by atoms with E-state index in [1.807, 2.05) is 12.1 Å². The van der Waals surface area contributed by atoms with Gasteiger partial charge < -0.3 is 14.4 Å². The zero-order valence-corrected chi connectivity index (χ0v) is 34.1. The van der Waals surface area contributed by atoms with Crippen LogP contribution >= 0.6 is 0 Å². The van der Waals surface area contributed by atoms with E-state index in [1.54, 1.807) is 36.9 Å². The summed E-state index contributed by atoms with van der Waals surface area (Å²) < 4.78 is 73.6. The van der Waals surface area contributed by atoms with E-state index in [4.69, 9.17) is 9.47 Å². The number of halogens is 2. The van der Waals surface area contributed by atoms with Gasteiger partial charge in [-0.25, -0.2) is 23.5 Å². The van der Waals surface area contributed by atoms with E-state index < -0.39 is 27.8 Å². The largest absolute Gasteiger partial charge is 0.474 e. The highest BCUT2D eigenvalue weighted by molar-refractivity contribution is 7.90. The molecule has 3 amide bonds. The second-order valence-corrected chi connectivity index (χ2v) is 17.1. The van der Waals surface area contributed by atoms with Crippen molar-refractivity contribution >= 4 is 55.5 Å². The van der Waals surface area contributed by atoms with Crippen molar-refractivity contribution in [2.75, 3.05) is 42.8 Å². The van der Waals surface area contributed by atoms with Crippen LogP contribution in [0.5, 0.6) is 17.4 Å². The van der Waals surface area contributed by atoms with Gasteiger partial charge in [-0.1, -0.05) is 6.92 Å². The fourth-order valence-electron chi connectivity index (χ4n) is 8.35. The van der Waals surface area contributed by atoms with Crippen molar-refractivity contribution in [1.29, 1.82) is 5.26 Å². The molecular formula is C41H44F2N10O6S. The van der Waals surface area contributed by atoms with Gasteiger partial charge in [0.25, 0.3) is 0 Å². The second-order valence-electron chi connectivity index (χ2n) is 15.3. The molecule has 2 N–H and O–H groups in total. The summed E-state index contributed by atoms with van der Waals surface area (Å²) in [5.74, 6) is -1.06. The quantitative estimate of drug-likeness (QED) is 0.157. The van der Waals surface area contributed by atoms with E-state index >= 15 is 8.78 Å². The number of imide groups is 1. The first-order valence-corrected chi connectivity index (χ1v) is 21.3. The van der Waals surface area contributed by atoms with Gasteiger partial charge in [-0.05, 0) is 92.5 Å². The van der Waals surface area contributed by atoms with Crippen molar-refractivity contribution in [1.82, 2.24) is 34.3 Å². The summed E-state index contributed by atoms with van der Waals surface area (Å²) in [6.07, 6.45) is 6.45. The number of likely N-dealkylation sites (tertiary alicyclic amines) is 1.